The van der Waals surface area contributed by atoms with E-state index in [0.717, 1.165) is 6.07 Å². The van der Waals surface area contributed by atoms with E-state index in [9.17, 15) is 18.5 Å². The van der Waals surface area contributed by atoms with Gasteiger partial charge in [0.25, 0.3) is 15.7 Å². The van der Waals surface area contributed by atoms with Crippen LogP contribution >= 0.6 is 11.6 Å². The molecule has 0 amide bonds. The molecule has 0 aliphatic rings. The molecule has 0 saturated carbocycles. The van der Waals surface area contributed by atoms with Gasteiger partial charge >= 0.3 is 0 Å². The molecule has 2 rings (SSSR count). The molecular formula is C13H11ClN2O4S. The third kappa shape index (κ3) is 3.50. The van der Waals surface area contributed by atoms with Crippen molar-refractivity contribution < 1.29 is 13.3 Å². The summed E-state index contributed by atoms with van der Waals surface area (Å²) in [6, 6.07) is 9.63. The lowest BCUT2D eigenvalue weighted by Gasteiger charge is -2.10. The summed E-state index contributed by atoms with van der Waals surface area (Å²) in [5.41, 5.74) is 0.725. The van der Waals surface area contributed by atoms with E-state index in [-0.39, 0.29) is 10.6 Å². The van der Waals surface area contributed by atoms with Crippen LogP contribution in [0.25, 0.3) is 0 Å². The van der Waals surface area contributed by atoms with Crippen molar-refractivity contribution in [3.63, 3.8) is 0 Å². The molecule has 0 atom stereocenters. The molecule has 2 aromatic rings. The van der Waals surface area contributed by atoms with E-state index in [2.05, 4.69) is 4.72 Å². The highest BCUT2D eigenvalue weighted by Crippen LogP contribution is 2.24. The first-order chi connectivity index (χ1) is 9.79. The Morgan fingerprint density at radius 3 is 2.57 bits per heavy atom. The van der Waals surface area contributed by atoms with E-state index < -0.39 is 14.9 Å². The van der Waals surface area contributed by atoms with E-state index in [1.807, 2.05) is 0 Å². The van der Waals surface area contributed by atoms with Gasteiger partial charge in [0, 0.05) is 17.2 Å². The Balaban J connectivity index is 2.41. The third-order valence-corrected chi connectivity index (χ3v) is 4.38. The number of nitrogens with one attached hydrogen (secondary N) is 1. The van der Waals surface area contributed by atoms with Crippen molar-refractivity contribution >= 4 is 33.0 Å². The largest absolute Gasteiger partial charge is 0.279 e. The lowest BCUT2D eigenvalue weighted by molar-refractivity contribution is -0.385. The normalized spacial score (nSPS) is 11.1. The molecule has 0 heterocycles. The molecule has 2 aromatic carbocycles. The SMILES string of the molecule is Cc1ccc(Cl)cc1NS(=O)(=O)c1cccc([N+](=O)[O-])c1. The second kappa shape index (κ2) is 5.71. The minimum Gasteiger partial charge on any atom is -0.279 e. The van der Waals surface area contributed by atoms with Crippen LogP contribution in [0.4, 0.5) is 11.4 Å². The van der Waals surface area contributed by atoms with Crippen LogP contribution in [0.1, 0.15) is 5.56 Å². The second-order valence-corrected chi connectivity index (χ2v) is 6.44. The molecular weight excluding hydrogens is 316 g/mol. The van der Waals surface area contributed by atoms with Crippen molar-refractivity contribution in [2.45, 2.75) is 11.8 Å². The first-order valence-corrected chi connectivity index (χ1v) is 7.69. The van der Waals surface area contributed by atoms with Crippen LogP contribution in [0, 0.1) is 17.0 Å². The number of aryl methyl sites for hydroxylation is 1. The van der Waals surface area contributed by atoms with Crippen molar-refractivity contribution in [3.05, 3.63) is 63.2 Å². The van der Waals surface area contributed by atoms with E-state index in [4.69, 9.17) is 11.6 Å². The van der Waals surface area contributed by atoms with Gasteiger partial charge in [-0.2, -0.15) is 0 Å². The molecule has 0 saturated heterocycles. The quantitative estimate of drug-likeness (QED) is 0.689. The molecule has 0 spiro atoms. The smallest absolute Gasteiger partial charge is 0.270 e. The number of sulfonamides is 1. The van der Waals surface area contributed by atoms with Crippen molar-refractivity contribution in [2.24, 2.45) is 0 Å². The zero-order valence-electron chi connectivity index (χ0n) is 10.9. The topological polar surface area (TPSA) is 89.3 Å². The van der Waals surface area contributed by atoms with Crippen LogP contribution in [0.3, 0.4) is 0 Å². The summed E-state index contributed by atoms with van der Waals surface area (Å²) in [6.45, 7) is 1.72. The first kappa shape index (κ1) is 15.3. The van der Waals surface area contributed by atoms with Gasteiger partial charge in [-0.1, -0.05) is 23.7 Å². The second-order valence-electron chi connectivity index (χ2n) is 4.32. The van der Waals surface area contributed by atoms with Crippen molar-refractivity contribution in [1.82, 2.24) is 0 Å². The lowest BCUT2D eigenvalue weighted by atomic mass is 10.2. The monoisotopic (exact) mass is 326 g/mol. The summed E-state index contributed by atoms with van der Waals surface area (Å²) >= 11 is 5.83. The van der Waals surface area contributed by atoms with E-state index in [1.54, 1.807) is 19.1 Å². The molecule has 0 fully saturated rings. The summed E-state index contributed by atoms with van der Waals surface area (Å²) in [7, 11) is -3.92. The third-order valence-electron chi connectivity index (χ3n) is 2.78. The molecule has 110 valence electrons. The Morgan fingerprint density at radius 1 is 1.19 bits per heavy atom. The van der Waals surface area contributed by atoms with Crippen molar-refractivity contribution in [3.8, 4) is 0 Å². The maximum atomic E-state index is 12.3. The molecule has 0 unspecified atom stereocenters. The predicted octanol–water partition coefficient (Wildman–Crippen LogP) is 3.36. The Morgan fingerprint density at radius 2 is 1.90 bits per heavy atom. The summed E-state index contributed by atoms with van der Waals surface area (Å²) in [4.78, 5) is 9.88. The maximum Gasteiger partial charge on any atom is 0.270 e. The number of nitro groups is 1. The Hall–Kier alpha value is -2.12. The van der Waals surface area contributed by atoms with E-state index >= 15 is 0 Å². The number of non-ortho nitro benzene ring substituents is 1. The average molecular weight is 327 g/mol. The van der Waals surface area contributed by atoms with Crippen LogP contribution in [0.5, 0.6) is 0 Å². The zero-order valence-corrected chi connectivity index (χ0v) is 12.5. The molecule has 0 bridgehead atoms. The van der Waals surface area contributed by atoms with Gasteiger partial charge in [0.15, 0.2) is 0 Å². The number of anilines is 1. The molecule has 0 aliphatic heterocycles. The highest BCUT2D eigenvalue weighted by atomic mass is 35.5. The van der Waals surface area contributed by atoms with Gasteiger partial charge in [0.1, 0.15) is 0 Å². The number of nitro benzene ring substituents is 1. The summed E-state index contributed by atoms with van der Waals surface area (Å²) < 4.78 is 26.9. The molecule has 21 heavy (non-hydrogen) atoms. The van der Waals surface area contributed by atoms with Crippen LogP contribution in [0.15, 0.2) is 47.4 Å². The van der Waals surface area contributed by atoms with Crippen LogP contribution in [0.2, 0.25) is 5.02 Å². The minimum absolute atomic E-state index is 0.184. The van der Waals surface area contributed by atoms with Gasteiger partial charge in [-0.25, -0.2) is 8.42 Å². The average Bonchev–Trinajstić information content (AvgIpc) is 2.43. The molecule has 0 radical (unpaired) electrons. The van der Waals surface area contributed by atoms with Crippen LogP contribution in [-0.4, -0.2) is 13.3 Å². The Kier molecular flexibility index (Phi) is 4.15. The summed E-state index contributed by atoms with van der Waals surface area (Å²) in [5, 5.41) is 11.1. The maximum absolute atomic E-state index is 12.3. The molecule has 1 N–H and O–H groups in total. The van der Waals surface area contributed by atoms with E-state index in [0.29, 0.717) is 16.3 Å². The summed E-state index contributed by atoms with van der Waals surface area (Å²) in [5.74, 6) is 0. The standard InChI is InChI=1S/C13H11ClN2O4S/c1-9-5-6-10(14)7-13(9)15-21(19,20)12-4-2-3-11(8-12)16(17)18/h2-8,15H,1H3. The fourth-order valence-corrected chi connectivity index (χ4v) is 3.01. The first-order valence-electron chi connectivity index (χ1n) is 5.83. The van der Waals surface area contributed by atoms with Crippen LogP contribution in [-0.2, 0) is 10.0 Å². The number of rotatable bonds is 4. The van der Waals surface area contributed by atoms with E-state index in [1.165, 1.54) is 24.3 Å². The molecule has 6 nitrogen and oxygen atoms in total. The number of hydrogen-bond donors (Lipinski definition) is 1. The van der Waals surface area contributed by atoms with Gasteiger partial charge in [0.2, 0.25) is 0 Å². The van der Waals surface area contributed by atoms with Gasteiger partial charge in [-0.05, 0) is 30.7 Å². The highest BCUT2D eigenvalue weighted by molar-refractivity contribution is 7.92. The molecule has 0 aliphatic carbocycles. The zero-order chi connectivity index (χ0) is 15.6. The summed E-state index contributed by atoms with van der Waals surface area (Å²) in [6.07, 6.45) is 0. The fourth-order valence-electron chi connectivity index (χ4n) is 1.67. The predicted molar refractivity (Wildman–Crippen MR) is 80.1 cm³/mol. The van der Waals surface area contributed by atoms with Gasteiger partial charge in [-0.15, -0.1) is 0 Å². The lowest BCUT2D eigenvalue weighted by Crippen LogP contribution is -2.14. The Labute approximate surface area is 126 Å². The number of benzene rings is 2. The molecule has 0 aromatic heterocycles. The Bertz CT molecular complexity index is 806. The minimum atomic E-state index is -3.92. The van der Waals surface area contributed by atoms with Crippen molar-refractivity contribution in [2.75, 3.05) is 4.72 Å². The molecule has 8 heteroatoms. The number of halogens is 1. The van der Waals surface area contributed by atoms with Gasteiger partial charge in [-0.3, -0.25) is 14.8 Å². The van der Waals surface area contributed by atoms with Crippen molar-refractivity contribution in [1.29, 1.82) is 0 Å². The fraction of sp³-hybridized carbons (Fsp3) is 0.0769. The number of nitrogens with zero attached hydrogens (tertiary/aromatic N) is 1. The highest BCUT2D eigenvalue weighted by Gasteiger charge is 2.18. The van der Waals surface area contributed by atoms with Gasteiger partial charge < -0.3 is 0 Å². The van der Waals surface area contributed by atoms with Gasteiger partial charge in [0.05, 0.1) is 15.5 Å². The van der Waals surface area contributed by atoms with Crippen LogP contribution < -0.4 is 4.72 Å². The number of hydrogen-bond acceptors (Lipinski definition) is 4.